The van der Waals surface area contributed by atoms with Crippen molar-refractivity contribution in [3.63, 3.8) is 0 Å². The predicted molar refractivity (Wildman–Crippen MR) is 302 cm³/mol. The first kappa shape index (κ1) is 61.7. The smallest absolute Gasteiger partial charge is 0.543 e. The van der Waals surface area contributed by atoms with Crippen molar-refractivity contribution in [2.24, 2.45) is 0 Å². The van der Waals surface area contributed by atoms with Crippen LogP contribution in [0.15, 0.2) is 127 Å². The number of carboxylic acid groups (broad SMARTS) is 3. The number of fused-ring (bicyclic) bond motifs is 3. The fourth-order valence-corrected chi connectivity index (χ4v) is 9.66. The quantitative estimate of drug-likeness (QED) is 0.0440. The summed E-state index contributed by atoms with van der Waals surface area (Å²) in [4.78, 5) is 60.2. The van der Waals surface area contributed by atoms with Crippen LogP contribution in [0.5, 0.6) is 0 Å². The molecule has 3 aromatic carbocycles. The minimum absolute atomic E-state index is 0. The fourth-order valence-electron chi connectivity index (χ4n) is 9.66. The molecule has 0 aliphatic heterocycles. The minimum Gasteiger partial charge on any atom is -0.543 e. The Kier molecular flexibility index (Phi) is 25.4. The first-order valence-electron chi connectivity index (χ1n) is 28.0. The van der Waals surface area contributed by atoms with Crippen molar-refractivity contribution in [1.82, 2.24) is 43.6 Å². The van der Waals surface area contributed by atoms with Crippen molar-refractivity contribution in [1.29, 1.82) is 0 Å². The number of carbonyl (C=O) groups is 3. The van der Waals surface area contributed by atoms with Gasteiger partial charge in [-0.15, -0.1) is 0 Å². The van der Waals surface area contributed by atoms with Gasteiger partial charge in [-0.1, -0.05) is 172 Å². The summed E-state index contributed by atoms with van der Waals surface area (Å²) >= 11 is 0. The minimum atomic E-state index is -1.27. The van der Waals surface area contributed by atoms with Crippen LogP contribution < -0.4 is 15.3 Å². The van der Waals surface area contributed by atoms with Crippen LogP contribution in [0.2, 0.25) is 0 Å². The molecule has 0 amide bonds. The largest absolute Gasteiger partial charge is 3.00 e. The van der Waals surface area contributed by atoms with E-state index in [-0.39, 0.29) is 66.5 Å². The van der Waals surface area contributed by atoms with E-state index in [0.29, 0.717) is 34.6 Å². The Morgan fingerprint density at radius 3 is 0.848 bits per heavy atom. The standard InChI is InChI=1S/3C21H25N3O2.Eu/c3*1-2-3-4-5-6-9-15-24-19-14-8-7-11-16(19)23-20(24)17-12-10-13-18(22-17)21(25)26;/h3*7-8,10-14H,2-6,9,15H2,1H3,(H,25,26);/q;;;+3/p-3. The van der Waals surface area contributed by atoms with Crippen LogP contribution in [-0.4, -0.2) is 61.5 Å². The van der Waals surface area contributed by atoms with Gasteiger partial charge in [0.25, 0.3) is 0 Å². The van der Waals surface area contributed by atoms with Gasteiger partial charge in [-0.25, -0.2) is 29.9 Å². The molecule has 0 spiro atoms. The van der Waals surface area contributed by atoms with Gasteiger partial charge in [0.05, 0.1) is 68.1 Å². The zero-order valence-corrected chi connectivity index (χ0v) is 48.3. The molecule has 16 heteroatoms. The maximum atomic E-state index is 11.1. The number of nitrogens with zero attached hydrogens (tertiary/aromatic N) is 9. The van der Waals surface area contributed by atoms with E-state index < -0.39 is 17.9 Å². The summed E-state index contributed by atoms with van der Waals surface area (Å²) in [6, 6.07) is 38.7. The molecule has 9 rings (SSSR count). The first-order valence-corrected chi connectivity index (χ1v) is 28.0. The second kappa shape index (κ2) is 32.6. The van der Waals surface area contributed by atoms with Crippen LogP contribution in [0.4, 0.5) is 0 Å². The predicted octanol–water partition coefficient (Wildman–Crippen LogP) is 11.5. The van der Waals surface area contributed by atoms with Crippen molar-refractivity contribution < 1.29 is 79.1 Å². The maximum absolute atomic E-state index is 11.1. The fraction of sp³-hybridized carbons (Fsp3) is 0.381. The van der Waals surface area contributed by atoms with E-state index in [2.05, 4.69) is 49.4 Å². The molecule has 9 aromatic rings. The van der Waals surface area contributed by atoms with E-state index in [1.54, 1.807) is 36.4 Å². The van der Waals surface area contributed by atoms with Gasteiger partial charge in [0, 0.05) is 19.6 Å². The van der Waals surface area contributed by atoms with Crippen LogP contribution in [0.3, 0.4) is 0 Å². The molecule has 0 saturated carbocycles. The average Bonchev–Trinajstić information content (AvgIpc) is 4.29. The Morgan fingerprint density at radius 1 is 0.329 bits per heavy atom. The van der Waals surface area contributed by atoms with Gasteiger partial charge < -0.3 is 43.4 Å². The summed E-state index contributed by atoms with van der Waals surface area (Å²) < 4.78 is 6.45. The summed E-state index contributed by atoms with van der Waals surface area (Å²) in [6.45, 7) is 9.20. The van der Waals surface area contributed by atoms with Crippen molar-refractivity contribution in [2.75, 3.05) is 0 Å². The maximum Gasteiger partial charge on any atom is 3.00 e. The zero-order valence-electron chi connectivity index (χ0n) is 45.8. The number of hydrogen-bond acceptors (Lipinski definition) is 12. The third-order valence-corrected chi connectivity index (χ3v) is 13.7. The molecule has 6 heterocycles. The monoisotopic (exact) mass is 1200 g/mol. The zero-order chi connectivity index (χ0) is 55.1. The molecular weight excluding hydrogens is 1130 g/mol. The number of aryl methyl sites for hydroxylation is 3. The second-order valence-corrected chi connectivity index (χ2v) is 19.6. The molecule has 0 atom stereocenters. The number of carbonyl (C=O) groups excluding carboxylic acids is 3. The summed E-state index contributed by atoms with van der Waals surface area (Å²) in [5.74, 6) is -1.69. The number of aromatic nitrogens is 9. The van der Waals surface area contributed by atoms with Gasteiger partial charge in [-0.05, 0) is 92.1 Å². The van der Waals surface area contributed by atoms with Crippen LogP contribution >= 0.6 is 0 Å². The summed E-state index contributed by atoms with van der Waals surface area (Å²) in [5, 5.41) is 33.4. The number of hydrogen-bond donors (Lipinski definition) is 0. The summed E-state index contributed by atoms with van der Waals surface area (Å²) in [5.41, 5.74) is 7.33. The van der Waals surface area contributed by atoms with Crippen molar-refractivity contribution in [3.8, 4) is 34.6 Å². The molecule has 0 unspecified atom stereocenters. The van der Waals surface area contributed by atoms with E-state index >= 15 is 0 Å². The van der Waals surface area contributed by atoms with Gasteiger partial charge in [0.2, 0.25) is 0 Å². The van der Waals surface area contributed by atoms with E-state index in [1.165, 1.54) is 115 Å². The molecule has 79 heavy (non-hydrogen) atoms. The van der Waals surface area contributed by atoms with Gasteiger partial charge >= 0.3 is 49.4 Å². The molecule has 0 saturated heterocycles. The molecule has 412 valence electrons. The molecule has 6 aromatic heterocycles. The third-order valence-electron chi connectivity index (χ3n) is 13.7. The SMILES string of the molecule is CCCCCCCCn1c(-c2cccc(C(=O)[O-])n2)nc2ccccc21.CCCCCCCCn1c(-c2cccc(C(=O)[O-])n2)nc2ccccc21.CCCCCCCCn1c(-c2cccc(C(=O)[O-])n2)nc2ccccc21.[Eu+3]. The molecule has 0 aliphatic rings. The Morgan fingerprint density at radius 2 is 0.582 bits per heavy atom. The number of unbranched alkanes of at least 4 members (excludes halogenated alkanes) is 15. The summed E-state index contributed by atoms with van der Waals surface area (Å²) in [7, 11) is 0. The molecule has 0 radical (unpaired) electrons. The molecular formula is C63H72EuN9O6. The van der Waals surface area contributed by atoms with Crippen LogP contribution in [0.25, 0.3) is 67.7 Å². The van der Waals surface area contributed by atoms with Crippen molar-refractivity contribution in [2.45, 2.75) is 156 Å². The Bertz CT molecular complexity index is 3020. The number of imidazole rings is 3. The first-order chi connectivity index (χ1) is 38.1. The van der Waals surface area contributed by atoms with Gasteiger partial charge in [-0.3, -0.25) is 0 Å². The molecule has 0 fully saturated rings. The van der Waals surface area contributed by atoms with E-state index in [4.69, 9.17) is 15.0 Å². The topological polar surface area (TPSA) is 213 Å². The van der Waals surface area contributed by atoms with Gasteiger partial charge in [-0.2, -0.15) is 0 Å². The molecule has 0 bridgehead atoms. The van der Waals surface area contributed by atoms with Crippen LogP contribution in [0.1, 0.15) is 168 Å². The van der Waals surface area contributed by atoms with Crippen molar-refractivity contribution in [3.05, 3.63) is 144 Å². The summed E-state index contributed by atoms with van der Waals surface area (Å²) in [6.07, 6.45) is 21.9. The van der Waals surface area contributed by atoms with Crippen molar-refractivity contribution >= 4 is 51.0 Å². The Hall–Kier alpha value is -6.49. The van der Waals surface area contributed by atoms with Gasteiger partial charge in [0.15, 0.2) is 17.5 Å². The number of para-hydroxylation sites is 6. The average molecular weight is 1200 g/mol. The Labute approximate surface area is 504 Å². The number of rotatable bonds is 27. The number of carboxylic acids is 3. The number of pyridine rings is 3. The molecule has 0 N–H and O–H groups in total. The number of aromatic carboxylic acids is 3. The number of benzene rings is 3. The molecule has 0 aliphatic carbocycles. The molecule has 15 nitrogen and oxygen atoms in total. The van der Waals surface area contributed by atoms with E-state index in [0.717, 1.165) is 72.0 Å². The third kappa shape index (κ3) is 17.5. The van der Waals surface area contributed by atoms with E-state index in [1.807, 2.05) is 72.8 Å². The van der Waals surface area contributed by atoms with Gasteiger partial charge in [0.1, 0.15) is 17.1 Å². The van der Waals surface area contributed by atoms with Crippen LogP contribution in [-0.2, 0) is 19.6 Å². The van der Waals surface area contributed by atoms with Crippen LogP contribution in [0, 0.1) is 49.4 Å². The second-order valence-electron chi connectivity index (χ2n) is 19.6. The normalized spacial score (nSPS) is 11.0. The Balaban J connectivity index is 0.000000190. The van der Waals surface area contributed by atoms with E-state index in [9.17, 15) is 29.7 Å².